The molecule has 4 atom stereocenters. The standard InChI is InChI=1S/C26H27N3O4/c1-17-20-12-7-13-29(20)26(22(17)23(30)27-14-15-33-25(27)32)19-10-5-6-11-21(19)28(24(26)31)16-18-8-3-2-4-9-18/h2-6,8-11,17,20,22H,7,12-16H2,1H3/t17-,20-,22-,26+/m1/s1. The maximum absolute atomic E-state index is 14.5. The zero-order valence-electron chi connectivity index (χ0n) is 18.6. The highest BCUT2D eigenvalue weighted by Crippen LogP contribution is 2.59. The summed E-state index contributed by atoms with van der Waals surface area (Å²) >= 11 is 0. The van der Waals surface area contributed by atoms with Crippen LogP contribution in [0.5, 0.6) is 0 Å². The van der Waals surface area contributed by atoms with Gasteiger partial charge in [-0.3, -0.25) is 14.5 Å². The van der Waals surface area contributed by atoms with E-state index in [-0.39, 0.29) is 36.9 Å². The molecule has 6 rings (SSSR count). The van der Waals surface area contributed by atoms with Gasteiger partial charge in [-0.2, -0.15) is 0 Å². The van der Waals surface area contributed by atoms with Crippen molar-refractivity contribution in [3.63, 3.8) is 0 Å². The summed E-state index contributed by atoms with van der Waals surface area (Å²) in [5.41, 5.74) is 1.68. The molecule has 0 saturated carbocycles. The first-order chi connectivity index (χ1) is 16.0. The number of hydrogen-bond donors (Lipinski definition) is 0. The molecule has 3 fully saturated rings. The van der Waals surface area contributed by atoms with Gasteiger partial charge in [-0.25, -0.2) is 9.69 Å². The van der Waals surface area contributed by atoms with Crippen molar-refractivity contribution in [3.8, 4) is 0 Å². The maximum Gasteiger partial charge on any atom is 0.416 e. The van der Waals surface area contributed by atoms with Gasteiger partial charge in [0, 0.05) is 17.3 Å². The van der Waals surface area contributed by atoms with Crippen molar-refractivity contribution in [2.45, 2.75) is 37.9 Å². The van der Waals surface area contributed by atoms with Crippen LogP contribution in [0, 0.1) is 11.8 Å². The van der Waals surface area contributed by atoms with Gasteiger partial charge in [0.1, 0.15) is 12.1 Å². The van der Waals surface area contributed by atoms with E-state index in [9.17, 15) is 14.4 Å². The van der Waals surface area contributed by atoms with E-state index in [0.717, 1.165) is 36.2 Å². The topological polar surface area (TPSA) is 70.2 Å². The van der Waals surface area contributed by atoms with E-state index >= 15 is 0 Å². The summed E-state index contributed by atoms with van der Waals surface area (Å²) in [7, 11) is 0. The summed E-state index contributed by atoms with van der Waals surface area (Å²) in [6.45, 7) is 3.72. The van der Waals surface area contributed by atoms with Crippen LogP contribution in [-0.4, -0.2) is 53.4 Å². The van der Waals surface area contributed by atoms with Crippen LogP contribution in [0.25, 0.3) is 0 Å². The van der Waals surface area contributed by atoms with Crippen molar-refractivity contribution in [1.82, 2.24) is 9.80 Å². The molecule has 7 heteroatoms. The molecule has 4 aliphatic rings. The third-order valence-corrected chi connectivity index (χ3v) is 7.99. The predicted octanol–water partition coefficient (Wildman–Crippen LogP) is 3.14. The van der Waals surface area contributed by atoms with Crippen LogP contribution < -0.4 is 4.90 Å². The molecule has 4 aliphatic heterocycles. The zero-order valence-corrected chi connectivity index (χ0v) is 18.6. The first-order valence-corrected chi connectivity index (χ1v) is 11.8. The fraction of sp³-hybridized carbons (Fsp3) is 0.423. The molecular weight excluding hydrogens is 418 g/mol. The van der Waals surface area contributed by atoms with Gasteiger partial charge in [0.15, 0.2) is 0 Å². The number of carbonyl (C=O) groups is 3. The Morgan fingerprint density at radius 1 is 1.06 bits per heavy atom. The number of amides is 3. The molecule has 0 aliphatic carbocycles. The van der Waals surface area contributed by atoms with Gasteiger partial charge in [0.25, 0.3) is 5.91 Å². The molecule has 0 radical (unpaired) electrons. The number of fused-ring (bicyclic) bond motifs is 4. The van der Waals surface area contributed by atoms with E-state index in [4.69, 9.17) is 4.74 Å². The van der Waals surface area contributed by atoms with E-state index in [1.165, 1.54) is 4.90 Å². The van der Waals surface area contributed by atoms with Crippen LogP contribution in [0.2, 0.25) is 0 Å². The Kier molecular flexibility index (Phi) is 4.59. The number of imide groups is 1. The Balaban J connectivity index is 1.51. The van der Waals surface area contributed by atoms with Crippen molar-refractivity contribution >= 4 is 23.6 Å². The zero-order chi connectivity index (χ0) is 22.7. The molecule has 1 spiro atoms. The van der Waals surface area contributed by atoms with Gasteiger partial charge in [-0.1, -0.05) is 55.5 Å². The lowest BCUT2D eigenvalue weighted by Gasteiger charge is -2.38. The summed E-state index contributed by atoms with van der Waals surface area (Å²) in [5, 5.41) is 0. The van der Waals surface area contributed by atoms with Gasteiger partial charge >= 0.3 is 6.09 Å². The van der Waals surface area contributed by atoms with Crippen molar-refractivity contribution < 1.29 is 19.1 Å². The number of cyclic esters (lactones) is 1. The van der Waals surface area contributed by atoms with Gasteiger partial charge < -0.3 is 9.64 Å². The summed E-state index contributed by atoms with van der Waals surface area (Å²) in [6.07, 6.45) is 1.34. The maximum atomic E-state index is 14.5. The number of rotatable bonds is 3. The highest BCUT2D eigenvalue weighted by atomic mass is 16.6. The summed E-state index contributed by atoms with van der Waals surface area (Å²) in [6, 6.07) is 17.9. The summed E-state index contributed by atoms with van der Waals surface area (Å²) in [5.74, 6) is -1.04. The molecule has 0 unspecified atom stereocenters. The fourth-order valence-corrected chi connectivity index (χ4v) is 6.69. The molecule has 2 aromatic rings. The Morgan fingerprint density at radius 3 is 2.58 bits per heavy atom. The predicted molar refractivity (Wildman–Crippen MR) is 121 cm³/mol. The van der Waals surface area contributed by atoms with E-state index in [1.807, 2.05) is 59.5 Å². The van der Waals surface area contributed by atoms with Crippen LogP contribution in [0.15, 0.2) is 54.6 Å². The van der Waals surface area contributed by atoms with Crippen molar-refractivity contribution in [1.29, 1.82) is 0 Å². The second kappa shape index (κ2) is 7.42. The molecule has 0 aromatic heterocycles. The number of para-hydroxylation sites is 1. The van der Waals surface area contributed by atoms with Crippen LogP contribution in [-0.2, 0) is 26.4 Å². The van der Waals surface area contributed by atoms with Gasteiger partial charge in [-0.15, -0.1) is 0 Å². The summed E-state index contributed by atoms with van der Waals surface area (Å²) in [4.78, 5) is 46.0. The third kappa shape index (κ3) is 2.69. The molecule has 33 heavy (non-hydrogen) atoms. The number of anilines is 1. The minimum atomic E-state index is -1.09. The molecule has 2 aromatic carbocycles. The lowest BCUT2D eigenvalue weighted by molar-refractivity contribution is -0.143. The molecule has 7 nitrogen and oxygen atoms in total. The normalized spacial score (nSPS) is 30.8. The van der Waals surface area contributed by atoms with Crippen LogP contribution in [0.1, 0.15) is 30.9 Å². The van der Waals surface area contributed by atoms with E-state index in [2.05, 4.69) is 11.8 Å². The number of nitrogens with zero attached hydrogens (tertiary/aromatic N) is 3. The van der Waals surface area contributed by atoms with Crippen molar-refractivity contribution in [2.75, 3.05) is 24.6 Å². The van der Waals surface area contributed by atoms with Crippen molar-refractivity contribution in [3.05, 3.63) is 65.7 Å². The van der Waals surface area contributed by atoms with Crippen LogP contribution in [0.4, 0.5) is 10.5 Å². The Labute approximate surface area is 192 Å². The molecule has 3 amide bonds. The minimum Gasteiger partial charge on any atom is -0.447 e. The van der Waals surface area contributed by atoms with E-state index < -0.39 is 17.6 Å². The second-order valence-electron chi connectivity index (χ2n) is 9.50. The summed E-state index contributed by atoms with van der Waals surface area (Å²) < 4.78 is 5.08. The molecule has 170 valence electrons. The lowest BCUT2D eigenvalue weighted by Crippen LogP contribution is -2.57. The van der Waals surface area contributed by atoms with E-state index in [0.29, 0.717) is 6.54 Å². The molecule has 0 bridgehead atoms. The monoisotopic (exact) mass is 445 g/mol. The van der Waals surface area contributed by atoms with Gasteiger partial charge in [-0.05, 0) is 36.9 Å². The Bertz CT molecular complexity index is 1140. The second-order valence-corrected chi connectivity index (χ2v) is 9.50. The SMILES string of the molecule is C[C@@H]1[C@H]2CCCN2[C@]2(C(=O)N(Cc3ccccc3)c3ccccc32)[C@H]1C(=O)N1CCOC1=O. The highest BCUT2D eigenvalue weighted by molar-refractivity contribution is 6.11. The Hall–Kier alpha value is -3.19. The number of benzene rings is 2. The van der Waals surface area contributed by atoms with E-state index in [1.54, 1.807) is 0 Å². The largest absolute Gasteiger partial charge is 0.447 e. The minimum absolute atomic E-state index is 0.0536. The highest BCUT2D eigenvalue weighted by Gasteiger charge is 2.70. The van der Waals surface area contributed by atoms with Gasteiger partial charge in [0.05, 0.1) is 19.0 Å². The first kappa shape index (κ1) is 20.4. The van der Waals surface area contributed by atoms with Crippen LogP contribution in [0.3, 0.4) is 0 Å². The smallest absolute Gasteiger partial charge is 0.416 e. The quantitative estimate of drug-likeness (QED) is 0.726. The Morgan fingerprint density at radius 2 is 1.82 bits per heavy atom. The number of carbonyl (C=O) groups excluding carboxylic acids is 3. The van der Waals surface area contributed by atoms with Crippen molar-refractivity contribution in [2.24, 2.45) is 11.8 Å². The number of hydrogen-bond acceptors (Lipinski definition) is 5. The molecular formula is C26H27N3O4. The first-order valence-electron chi connectivity index (χ1n) is 11.8. The molecule has 0 N–H and O–H groups in total. The fourth-order valence-electron chi connectivity index (χ4n) is 6.69. The lowest BCUT2D eigenvalue weighted by atomic mass is 9.74. The van der Waals surface area contributed by atoms with Crippen LogP contribution >= 0.6 is 0 Å². The third-order valence-electron chi connectivity index (χ3n) is 7.99. The number of ether oxygens (including phenoxy) is 1. The van der Waals surface area contributed by atoms with Gasteiger partial charge in [0.2, 0.25) is 5.91 Å². The average Bonchev–Trinajstić information content (AvgIpc) is 3.58. The molecule has 4 heterocycles. The average molecular weight is 446 g/mol. The molecule has 3 saturated heterocycles.